The molecule has 0 spiro atoms. The van der Waals surface area contributed by atoms with Gasteiger partial charge in [-0.05, 0) is 66.9 Å². The molecule has 0 atom stereocenters. The molecular formula is C21H17NO3. The maximum absolute atomic E-state index is 11.0. The van der Waals surface area contributed by atoms with Crippen LogP contribution in [0, 0.1) is 13.8 Å². The Hall–Kier alpha value is -3.27. The fourth-order valence-corrected chi connectivity index (χ4v) is 3.12. The smallest absolute Gasteiger partial charge is 0.335 e. The molecule has 0 saturated carbocycles. The number of carboxylic acid groups (broad SMARTS) is 1. The molecule has 25 heavy (non-hydrogen) atoms. The van der Waals surface area contributed by atoms with Gasteiger partial charge in [-0.2, -0.15) is 0 Å². The molecule has 2 aromatic carbocycles. The molecule has 0 amide bonds. The number of carbonyl (C=O) groups is 1. The highest BCUT2D eigenvalue weighted by molar-refractivity contribution is 5.88. The maximum Gasteiger partial charge on any atom is 0.335 e. The quantitative estimate of drug-likeness (QED) is 0.527. The monoisotopic (exact) mass is 331 g/mol. The van der Waals surface area contributed by atoms with Crippen LogP contribution < -0.4 is 0 Å². The van der Waals surface area contributed by atoms with E-state index in [0.717, 1.165) is 33.7 Å². The third kappa shape index (κ3) is 2.72. The standard InChI is InChI=1S/C21H17NO3/c1-12-9-13(2)16-11-20(25-19(16)10-12)18-8-7-17(22-18)14-3-5-15(6-4-14)21(23)24/h3-11,22H,1-2H3,(H,23,24). The van der Waals surface area contributed by atoms with Crippen LogP contribution in [0.5, 0.6) is 0 Å². The summed E-state index contributed by atoms with van der Waals surface area (Å²) in [5, 5.41) is 10.1. The zero-order chi connectivity index (χ0) is 17.6. The van der Waals surface area contributed by atoms with Crippen LogP contribution in [-0.2, 0) is 0 Å². The lowest BCUT2D eigenvalue weighted by Crippen LogP contribution is -1.94. The summed E-state index contributed by atoms with van der Waals surface area (Å²) < 4.78 is 6.01. The Morgan fingerprint density at radius 1 is 0.960 bits per heavy atom. The molecule has 2 heterocycles. The van der Waals surface area contributed by atoms with Crippen molar-refractivity contribution >= 4 is 16.9 Å². The number of aryl methyl sites for hydroxylation is 2. The third-order valence-electron chi connectivity index (χ3n) is 4.38. The molecule has 2 N–H and O–H groups in total. The highest BCUT2D eigenvalue weighted by atomic mass is 16.4. The van der Waals surface area contributed by atoms with Crippen molar-refractivity contribution in [3.8, 4) is 22.7 Å². The highest BCUT2D eigenvalue weighted by Crippen LogP contribution is 2.31. The van der Waals surface area contributed by atoms with Gasteiger partial charge in [0, 0.05) is 11.1 Å². The van der Waals surface area contributed by atoms with E-state index in [1.54, 1.807) is 24.3 Å². The minimum atomic E-state index is -0.924. The van der Waals surface area contributed by atoms with E-state index in [1.807, 2.05) is 24.3 Å². The van der Waals surface area contributed by atoms with Gasteiger partial charge in [-0.25, -0.2) is 4.79 Å². The summed E-state index contributed by atoms with van der Waals surface area (Å²) in [6, 6.07) is 17.0. The van der Waals surface area contributed by atoms with E-state index in [1.165, 1.54) is 11.1 Å². The highest BCUT2D eigenvalue weighted by Gasteiger charge is 2.11. The Morgan fingerprint density at radius 2 is 1.68 bits per heavy atom. The van der Waals surface area contributed by atoms with Crippen molar-refractivity contribution in [3.05, 3.63) is 71.3 Å². The molecule has 0 aliphatic carbocycles. The van der Waals surface area contributed by atoms with Crippen LogP contribution >= 0.6 is 0 Å². The SMILES string of the molecule is Cc1cc(C)c2cc(-c3ccc(-c4ccc(C(=O)O)cc4)[nH]3)oc2c1. The van der Waals surface area contributed by atoms with E-state index < -0.39 is 5.97 Å². The molecule has 0 saturated heterocycles. The number of aromatic amines is 1. The Labute approximate surface area is 144 Å². The summed E-state index contributed by atoms with van der Waals surface area (Å²) in [6.07, 6.45) is 0. The van der Waals surface area contributed by atoms with Gasteiger partial charge in [0.05, 0.1) is 11.3 Å². The summed E-state index contributed by atoms with van der Waals surface area (Å²) >= 11 is 0. The first-order valence-corrected chi connectivity index (χ1v) is 8.05. The Bertz CT molecular complexity index is 1080. The normalized spacial score (nSPS) is 11.1. The van der Waals surface area contributed by atoms with Crippen LogP contribution in [0.3, 0.4) is 0 Å². The number of H-pyrrole nitrogens is 1. The number of benzene rings is 2. The van der Waals surface area contributed by atoms with Gasteiger partial charge < -0.3 is 14.5 Å². The number of furan rings is 1. The first-order valence-electron chi connectivity index (χ1n) is 8.05. The molecule has 4 nitrogen and oxygen atoms in total. The Kier molecular flexibility index (Phi) is 3.46. The maximum atomic E-state index is 11.0. The first-order chi connectivity index (χ1) is 12.0. The molecular weight excluding hydrogens is 314 g/mol. The summed E-state index contributed by atoms with van der Waals surface area (Å²) in [6.45, 7) is 4.14. The molecule has 2 aromatic heterocycles. The van der Waals surface area contributed by atoms with Gasteiger partial charge in [-0.15, -0.1) is 0 Å². The second-order valence-corrected chi connectivity index (χ2v) is 6.27. The lowest BCUT2D eigenvalue weighted by molar-refractivity contribution is 0.0697. The third-order valence-corrected chi connectivity index (χ3v) is 4.38. The average molecular weight is 331 g/mol. The van der Waals surface area contributed by atoms with E-state index in [4.69, 9.17) is 9.52 Å². The van der Waals surface area contributed by atoms with Crippen LogP contribution in [0.2, 0.25) is 0 Å². The number of nitrogens with one attached hydrogen (secondary N) is 1. The van der Waals surface area contributed by atoms with Gasteiger partial charge in [-0.3, -0.25) is 0 Å². The van der Waals surface area contributed by atoms with Gasteiger partial charge >= 0.3 is 5.97 Å². The minimum Gasteiger partial charge on any atom is -0.478 e. The molecule has 0 unspecified atom stereocenters. The zero-order valence-electron chi connectivity index (χ0n) is 14.0. The van der Waals surface area contributed by atoms with Crippen LogP contribution in [0.25, 0.3) is 33.7 Å². The van der Waals surface area contributed by atoms with Crippen LogP contribution in [0.1, 0.15) is 21.5 Å². The average Bonchev–Trinajstić information content (AvgIpc) is 3.21. The molecule has 0 radical (unpaired) electrons. The largest absolute Gasteiger partial charge is 0.478 e. The number of hydrogen-bond donors (Lipinski definition) is 2. The minimum absolute atomic E-state index is 0.277. The fourth-order valence-electron chi connectivity index (χ4n) is 3.12. The molecule has 124 valence electrons. The number of carboxylic acids is 1. The predicted octanol–water partition coefficient (Wildman–Crippen LogP) is 5.41. The van der Waals surface area contributed by atoms with Gasteiger partial charge in [0.2, 0.25) is 0 Å². The lowest BCUT2D eigenvalue weighted by atomic mass is 10.1. The van der Waals surface area contributed by atoms with E-state index in [0.29, 0.717) is 0 Å². The number of rotatable bonds is 3. The Balaban J connectivity index is 1.71. The molecule has 0 bridgehead atoms. The fraction of sp³-hybridized carbons (Fsp3) is 0.0952. The number of hydrogen-bond acceptors (Lipinski definition) is 2. The van der Waals surface area contributed by atoms with Crippen LogP contribution in [0.4, 0.5) is 0 Å². The second kappa shape index (κ2) is 5.67. The van der Waals surface area contributed by atoms with Crippen molar-refractivity contribution in [2.24, 2.45) is 0 Å². The predicted molar refractivity (Wildman–Crippen MR) is 97.9 cm³/mol. The first kappa shape index (κ1) is 15.3. The molecule has 0 aliphatic rings. The van der Waals surface area contributed by atoms with Crippen molar-refractivity contribution in [1.29, 1.82) is 0 Å². The molecule has 0 aliphatic heterocycles. The summed E-state index contributed by atoms with van der Waals surface area (Å²) in [5.74, 6) is -0.135. The van der Waals surface area contributed by atoms with Crippen molar-refractivity contribution in [3.63, 3.8) is 0 Å². The Morgan fingerprint density at radius 3 is 2.40 bits per heavy atom. The summed E-state index contributed by atoms with van der Waals surface area (Å²) in [4.78, 5) is 14.3. The number of fused-ring (bicyclic) bond motifs is 1. The van der Waals surface area contributed by atoms with E-state index in [9.17, 15) is 4.79 Å². The van der Waals surface area contributed by atoms with Crippen LogP contribution in [0.15, 0.2) is 59.0 Å². The van der Waals surface area contributed by atoms with Crippen molar-refractivity contribution < 1.29 is 14.3 Å². The van der Waals surface area contributed by atoms with Crippen LogP contribution in [-0.4, -0.2) is 16.1 Å². The molecule has 4 rings (SSSR count). The van der Waals surface area contributed by atoms with E-state index in [-0.39, 0.29) is 5.56 Å². The van der Waals surface area contributed by atoms with Crippen molar-refractivity contribution in [1.82, 2.24) is 4.98 Å². The number of aromatic carboxylic acids is 1. The topological polar surface area (TPSA) is 66.2 Å². The number of aromatic nitrogens is 1. The van der Waals surface area contributed by atoms with Gasteiger partial charge in [0.15, 0.2) is 5.76 Å². The van der Waals surface area contributed by atoms with E-state index in [2.05, 4.69) is 24.9 Å². The summed E-state index contributed by atoms with van der Waals surface area (Å²) in [5.41, 5.74) is 6.27. The van der Waals surface area contributed by atoms with Gasteiger partial charge in [0.1, 0.15) is 5.58 Å². The van der Waals surface area contributed by atoms with Gasteiger partial charge in [0.25, 0.3) is 0 Å². The van der Waals surface area contributed by atoms with Crippen molar-refractivity contribution in [2.75, 3.05) is 0 Å². The lowest BCUT2D eigenvalue weighted by Gasteiger charge is -1.99. The second-order valence-electron chi connectivity index (χ2n) is 6.27. The zero-order valence-corrected chi connectivity index (χ0v) is 14.0. The van der Waals surface area contributed by atoms with E-state index >= 15 is 0 Å². The molecule has 0 fully saturated rings. The summed E-state index contributed by atoms with van der Waals surface area (Å²) in [7, 11) is 0. The molecule has 4 aromatic rings. The molecule has 4 heteroatoms. The van der Waals surface area contributed by atoms with Crippen molar-refractivity contribution in [2.45, 2.75) is 13.8 Å². The van der Waals surface area contributed by atoms with Gasteiger partial charge in [-0.1, -0.05) is 18.2 Å².